The number of para-hydroxylation sites is 4. The van der Waals surface area contributed by atoms with Crippen LogP contribution >= 0.6 is 0 Å². The molecule has 0 aliphatic heterocycles. The van der Waals surface area contributed by atoms with Gasteiger partial charge in [-0.25, -0.2) is 9.97 Å². The molecule has 11 aromatic rings. The average molecular weight is 654 g/mol. The van der Waals surface area contributed by atoms with Crippen molar-refractivity contribution in [2.24, 2.45) is 0 Å². The normalized spacial score (nSPS) is 11.9. The lowest BCUT2D eigenvalue weighted by atomic mass is 10.0. The Morgan fingerprint density at radius 2 is 1.02 bits per heavy atom. The van der Waals surface area contributed by atoms with Crippen molar-refractivity contribution in [2.45, 2.75) is 0 Å². The van der Waals surface area contributed by atoms with Gasteiger partial charge in [-0.05, 0) is 54.6 Å². The molecule has 5 heteroatoms. The zero-order valence-corrected chi connectivity index (χ0v) is 27.2. The second-order valence-corrected chi connectivity index (χ2v) is 12.9. The molecule has 4 heterocycles. The van der Waals surface area contributed by atoms with Crippen LogP contribution in [0.15, 0.2) is 173 Å². The standard InChI is InChI=1S/C46H27N3O2/c1-2-12-28(13-3-1)37-27-38(48-46(47-37)36-20-11-19-33-31-16-5-8-22-41(31)50-44(33)36)29-14-10-15-30(26-29)49-39-21-7-4-18-35(39)43-40(49)25-24-34-32-17-6-9-23-42(32)51-45(34)43/h1-27H. The Morgan fingerprint density at radius 3 is 1.82 bits per heavy atom. The summed E-state index contributed by atoms with van der Waals surface area (Å²) in [7, 11) is 0. The van der Waals surface area contributed by atoms with E-state index in [1.807, 2.05) is 54.6 Å². The predicted molar refractivity (Wildman–Crippen MR) is 207 cm³/mol. The zero-order chi connectivity index (χ0) is 33.5. The summed E-state index contributed by atoms with van der Waals surface area (Å²) in [4.78, 5) is 10.4. The topological polar surface area (TPSA) is 57.0 Å². The summed E-state index contributed by atoms with van der Waals surface area (Å²) in [5.41, 5.74) is 11.2. The van der Waals surface area contributed by atoms with E-state index in [1.54, 1.807) is 0 Å². The van der Waals surface area contributed by atoms with E-state index in [1.165, 1.54) is 0 Å². The van der Waals surface area contributed by atoms with Crippen LogP contribution in [0.1, 0.15) is 0 Å². The molecule has 0 atom stereocenters. The van der Waals surface area contributed by atoms with Crippen molar-refractivity contribution in [1.82, 2.24) is 14.5 Å². The van der Waals surface area contributed by atoms with E-state index in [2.05, 4.69) is 114 Å². The van der Waals surface area contributed by atoms with Gasteiger partial charge in [0.1, 0.15) is 22.3 Å². The Balaban J connectivity index is 1.14. The Morgan fingerprint density at radius 1 is 0.412 bits per heavy atom. The lowest BCUT2D eigenvalue weighted by molar-refractivity contribution is 0.669. The summed E-state index contributed by atoms with van der Waals surface area (Å²) in [6, 6.07) is 56.5. The lowest BCUT2D eigenvalue weighted by Crippen LogP contribution is -1.98. The molecule has 0 unspecified atom stereocenters. The van der Waals surface area contributed by atoms with Crippen LogP contribution in [0.3, 0.4) is 0 Å². The minimum atomic E-state index is 0.616. The van der Waals surface area contributed by atoms with E-state index in [0.29, 0.717) is 5.82 Å². The summed E-state index contributed by atoms with van der Waals surface area (Å²) in [6.07, 6.45) is 0. The van der Waals surface area contributed by atoms with Crippen LogP contribution in [-0.4, -0.2) is 14.5 Å². The van der Waals surface area contributed by atoms with Gasteiger partial charge in [-0.2, -0.15) is 0 Å². The highest BCUT2D eigenvalue weighted by Gasteiger charge is 2.20. The van der Waals surface area contributed by atoms with Crippen LogP contribution in [0.5, 0.6) is 0 Å². The van der Waals surface area contributed by atoms with Crippen molar-refractivity contribution < 1.29 is 8.83 Å². The number of fused-ring (bicyclic) bond motifs is 10. The highest BCUT2D eigenvalue weighted by Crippen LogP contribution is 2.41. The SMILES string of the molecule is c1ccc(-c2cc(-c3cccc(-n4c5ccccc5c5c6oc7ccccc7c6ccc54)c3)nc(-c3cccc4c3oc3ccccc34)n2)cc1. The van der Waals surface area contributed by atoms with Gasteiger partial charge in [0.15, 0.2) is 5.82 Å². The van der Waals surface area contributed by atoms with E-state index < -0.39 is 0 Å². The average Bonchev–Trinajstić information content (AvgIpc) is 3.88. The van der Waals surface area contributed by atoms with Crippen molar-refractivity contribution in [2.75, 3.05) is 0 Å². The van der Waals surface area contributed by atoms with Crippen molar-refractivity contribution in [1.29, 1.82) is 0 Å². The van der Waals surface area contributed by atoms with Gasteiger partial charge in [0.25, 0.3) is 0 Å². The first-order valence-electron chi connectivity index (χ1n) is 17.1. The molecule has 11 rings (SSSR count). The Kier molecular flexibility index (Phi) is 5.89. The van der Waals surface area contributed by atoms with Crippen molar-refractivity contribution in [3.63, 3.8) is 0 Å². The zero-order valence-electron chi connectivity index (χ0n) is 27.2. The Bertz CT molecular complexity index is 3150. The fraction of sp³-hybridized carbons (Fsp3) is 0. The van der Waals surface area contributed by atoms with Crippen LogP contribution in [0.25, 0.3) is 105 Å². The van der Waals surface area contributed by atoms with Crippen LogP contribution in [0.2, 0.25) is 0 Å². The fourth-order valence-corrected chi connectivity index (χ4v) is 7.71. The van der Waals surface area contributed by atoms with Crippen LogP contribution in [0, 0.1) is 0 Å². The maximum atomic E-state index is 6.54. The Labute approximate surface area is 291 Å². The van der Waals surface area contributed by atoms with Crippen LogP contribution in [0.4, 0.5) is 0 Å². The minimum absolute atomic E-state index is 0.616. The number of furan rings is 2. The lowest BCUT2D eigenvalue weighted by Gasteiger charge is -2.12. The first-order valence-corrected chi connectivity index (χ1v) is 17.1. The number of hydrogen-bond acceptors (Lipinski definition) is 4. The summed E-state index contributed by atoms with van der Waals surface area (Å²) in [5.74, 6) is 0.616. The van der Waals surface area contributed by atoms with Crippen molar-refractivity contribution >= 4 is 65.7 Å². The number of nitrogens with zero attached hydrogens (tertiary/aromatic N) is 3. The molecule has 0 saturated heterocycles. The minimum Gasteiger partial charge on any atom is -0.455 e. The molecule has 0 fully saturated rings. The second kappa shape index (κ2) is 10.8. The first-order chi connectivity index (χ1) is 25.3. The third kappa shape index (κ3) is 4.22. The number of benzene rings is 7. The van der Waals surface area contributed by atoms with Crippen molar-refractivity contribution in [3.8, 4) is 39.6 Å². The Hall–Kier alpha value is -6.98. The molecule has 0 N–H and O–H groups in total. The summed E-state index contributed by atoms with van der Waals surface area (Å²) < 4.78 is 15.3. The quantitative estimate of drug-likeness (QED) is 0.190. The smallest absolute Gasteiger partial charge is 0.164 e. The predicted octanol–water partition coefficient (Wildman–Crippen LogP) is 12.4. The first kappa shape index (κ1) is 27.9. The van der Waals surface area contributed by atoms with E-state index >= 15 is 0 Å². The van der Waals surface area contributed by atoms with E-state index in [0.717, 1.165) is 99.4 Å². The molecule has 0 spiro atoms. The van der Waals surface area contributed by atoms with Gasteiger partial charge in [-0.15, -0.1) is 0 Å². The number of hydrogen-bond donors (Lipinski definition) is 0. The largest absolute Gasteiger partial charge is 0.455 e. The molecule has 0 aliphatic carbocycles. The molecule has 5 nitrogen and oxygen atoms in total. The molecule has 51 heavy (non-hydrogen) atoms. The van der Waals surface area contributed by atoms with Gasteiger partial charge in [-0.3, -0.25) is 0 Å². The van der Waals surface area contributed by atoms with E-state index in [4.69, 9.17) is 18.8 Å². The van der Waals surface area contributed by atoms with Crippen LogP contribution in [-0.2, 0) is 0 Å². The second-order valence-electron chi connectivity index (χ2n) is 12.9. The highest BCUT2D eigenvalue weighted by molar-refractivity contribution is 6.23. The highest BCUT2D eigenvalue weighted by atomic mass is 16.3. The van der Waals surface area contributed by atoms with Gasteiger partial charge in [-0.1, -0.05) is 109 Å². The summed E-state index contributed by atoms with van der Waals surface area (Å²) in [5, 5.41) is 6.63. The molecule has 0 radical (unpaired) electrons. The number of aromatic nitrogens is 3. The fourth-order valence-electron chi connectivity index (χ4n) is 7.71. The van der Waals surface area contributed by atoms with Crippen molar-refractivity contribution in [3.05, 3.63) is 164 Å². The van der Waals surface area contributed by atoms with Gasteiger partial charge < -0.3 is 13.4 Å². The van der Waals surface area contributed by atoms with Gasteiger partial charge in [0, 0.05) is 43.7 Å². The molecule has 238 valence electrons. The van der Waals surface area contributed by atoms with E-state index in [-0.39, 0.29) is 0 Å². The molecule has 0 saturated carbocycles. The van der Waals surface area contributed by atoms with Gasteiger partial charge in [0.05, 0.1) is 33.4 Å². The molecule has 0 aliphatic rings. The van der Waals surface area contributed by atoms with Gasteiger partial charge >= 0.3 is 0 Å². The maximum absolute atomic E-state index is 6.54. The molecule has 0 bridgehead atoms. The molecule has 7 aromatic carbocycles. The summed E-state index contributed by atoms with van der Waals surface area (Å²) >= 11 is 0. The molecular weight excluding hydrogens is 627 g/mol. The summed E-state index contributed by atoms with van der Waals surface area (Å²) in [6.45, 7) is 0. The van der Waals surface area contributed by atoms with E-state index in [9.17, 15) is 0 Å². The van der Waals surface area contributed by atoms with Gasteiger partial charge in [0.2, 0.25) is 0 Å². The molecule has 0 amide bonds. The van der Waals surface area contributed by atoms with Crippen LogP contribution < -0.4 is 0 Å². The number of rotatable bonds is 4. The monoisotopic (exact) mass is 653 g/mol. The molecule has 4 aromatic heterocycles. The molecular formula is C46H27N3O2. The third-order valence-corrected chi connectivity index (χ3v) is 10.0. The third-order valence-electron chi connectivity index (χ3n) is 10.0. The maximum Gasteiger partial charge on any atom is 0.164 e.